The summed E-state index contributed by atoms with van der Waals surface area (Å²) in [6, 6.07) is 12.6. The van der Waals surface area contributed by atoms with E-state index in [1.807, 2.05) is 18.2 Å². The molecule has 0 radical (unpaired) electrons. The van der Waals surface area contributed by atoms with Crippen LogP contribution in [0.4, 0.5) is 0 Å². The van der Waals surface area contributed by atoms with Gasteiger partial charge in [0.1, 0.15) is 0 Å². The molecule has 1 saturated carbocycles. The molecule has 0 heterocycles. The Morgan fingerprint density at radius 3 is 2.50 bits per heavy atom. The van der Waals surface area contributed by atoms with E-state index in [-0.39, 0.29) is 17.4 Å². The zero-order valence-corrected chi connectivity index (χ0v) is 16.5. The van der Waals surface area contributed by atoms with Gasteiger partial charge in [-0.15, -0.1) is 0 Å². The number of nitrogens with one attached hydrogen (secondary N) is 1. The van der Waals surface area contributed by atoms with Gasteiger partial charge in [0.05, 0.1) is 18.7 Å². The minimum atomic E-state index is 0.0629. The summed E-state index contributed by atoms with van der Waals surface area (Å²) < 4.78 is 0. The Bertz CT molecular complexity index is 594. The van der Waals surface area contributed by atoms with Gasteiger partial charge in [-0.2, -0.15) is 5.26 Å². The van der Waals surface area contributed by atoms with Gasteiger partial charge in [0, 0.05) is 19.5 Å². The molecule has 0 aromatic heterocycles. The lowest BCUT2D eigenvalue weighted by Gasteiger charge is -2.30. The Balaban J connectivity index is 2.03. The normalized spacial score (nSPS) is 16.4. The van der Waals surface area contributed by atoms with Gasteiger partial charge in [-0.3, -0.25) is 9.69 Å². The molecule has 1 aromatic carbocycles. The van der Waals surface area contributed by atoms with Crippen LogP contribution in [0.1, 0.15) is 64.5 Å². The first kappa shape index (κ1) is 20.5. The maximum atomic E-state index is 12.8. The van der Waals surface area contributed by atoms with Crippen LogP contribution in [0.15, 0.2) is 30.3 Å². The number of carbonyl (C=O) groups excluding carboxylic acids is 1. The molecule has 1 N–H and O–H groups in total. The highest BCUT2D eigenvalue weighted by Gasteiger charge is 2.28. The second-order valence-electron chi connectivity index (χ2n) is 8.68. The average Bonchev–Trinajstić information content (AvgIpc) is 3.11. The third kappa shape index (κ3) is 6.80. The summed E-state index contributed by atoms with van der Waals surface area (Å²) in [7, 11) is 0. The minimum absolute atomic E-state index is 0.0629. The molecule has 0 aliphatic heterocycles. The SMILES string of the molecule is CC(C)(C)CN(CCC#N)CC(=O)NC(c1ccccc1)C1CCCC1. The molecular formula is C22H33N3O. The molecular weight excluding hydrogens is 322 g/mol. The monoisotopic (exact) mass is 355 g/mol. The fourth-order valence-electron chi connectivity index (χ4n) is 3.94. The van der Waals surface area contributed by atoms with Gasteiger partial charge in [-0.05, 0) is 29.7 Å². The van der Waals surface area contributed by atoms with Crippen molar-refractivity contribution >= 4 is 5.91 Å². The third-order valence-corrected chi connectivity index (χ3v) is 4.95. The van der Waals surface area contributed by atoms with E-state index in [1.54, 1.807) is 0 Å². The molecule has 26 heavy (non-hydrogen) atoms. The number of amides is 1. The van der Waals surface area contributed by atoms with Crippen molar-refractivity contribution in [3.05, 3.63) is 35.9 Å². The highest BCUT2D eigenvalue weighted by atomic mass is 16.2. The summed E-state index contributed by atoms with van der Waals surface area (Å²) in [6.45, 7) is 8.29. The van der Waals surface area contributed by atoms with Gasteiger partial charge in [-0.1, -0.05) is 63.9 Å². The molecule has 4 nitrogen and oxygen atoms in total. The number of hydrogen-bond acceptors (Lipinski definition) is 3. The van der Waals surface area contributed by atoms with Crippen molar-refractivity contribution in [2.24, 2.45) is 11.3 Å². The first-order valence-corrected chi connectivity index (χ1v) is 9.82. The lowest BCUT2D eigenvalue weighted by atomic mass is 9.91. The molecule has 2 rings (SSSR count). The Morgan fingerprint density at radius 1 is 1.27 bits per heavy atom. The zero-order valence-electron chi connectivity index (χ0n) is 16.5. The minimum Gasteiger partial charge on any atom is -0.348 e. The number of nitrogens with zero attached hydrogens (tertiary/aromatic N) is 2. The van der Waals surface area contributed by atoms with Gasteiger partial charge in [0.15, 0.2) is 0 Å². The molecule has 1 amide bonds. The van der Waals surface area contributed by atoms with Crippen LogP contribution in [0.3, 0.4) is 0 Å². The third-order valence-electron chi connectivity index (χ3n) is 4.95. The second-order valence-corrected chi connectivity index (χ2v) is 8.68. The van der Waals surface area contributed by atoms with Crippen LogP contribution in [0, 0.1) is 22.7 Å². The molecule has 4 heteroatoms. The highest BCUT2D eigenvalue weighted by molar-refractivity contribution is 5.78. The summed E-state index contributed by atoms with van der Waals surface area (Å²) in [4.78, 5) is 14.9. The van der Waals surface area contributed by atoms with Crippen molar-refractivity contribution in [1.82, 2.24) is 10.2 Å². The lowest BCUT2D eigenvalue weighted by molar-refractivity contribution is -0.123. The molecule has 1 aromatic rings. The van der Waals surface area contributed by atoms with E-state index in [0.717, 1.165) is 6.54 Å². The van der Waals surface area contributed by atoms with Crippen LogP contribution in [0.5, 0.6) is 0 Å². The first-order valence-electron chi connectivity index (χ1n) is 9.82. The molecule has 1 aliphatic rings. The van der Waals surface area contributed by atoms with E-state index in [4.69, 9.17) is 5.26 Å². The molecule has 0 spiro atoms. The number of hydrogen-bond donors (Lipinski definition) is 1. The molecule has 1 unspecified atom stereocenters. The van der Waals surface area contributed by atoms with Crippen LogP contribution in [-0.2, 0) is 4.79 Å². The predicted octanol–water partition coefficient (Wildman–Crippen LogP) is 4.30. The summed E-state index contributed by atoms with van der Waals surface area (Å²) in [6.07, 6.45) is 5.32. The Kier molecular flexibility index (Phi) is 7.66. The molecule has 1 fully saturated rings. The van der Waals surface area contributed by atoms with Crippen molar-refractivity contribution in [3.63, 3.8) is 0 Å². The molecule has 1 atom stereocenters. The Hall–Kier alpha value is -1.86. The standard InChI is InChI=1S/C22H33N3O/c1-22(2,3)17-25(15-9-14-23)16-20(26)24-21(19-12-7-8-13-19)18-10-5-4-6-11-18/h4-6,10-11,19,21H,7-9,12-13,15-17H2,1-3H3,(H,24,26). The molecule has 1 aliphatic carbocycles. The van der Waals surface area contributed by atoms with Crippen molar-refractivity contribution in [2.45, 2.75) is 58.9 Å². The van der Waals surface area contributed by atoms with E-state index in [1.165, 1.54) is 31.2 Å². The van der Waals surface area contributed by atoms with Crippen LogP contribution < -0.4 is 5.32 Å². The van der Waals surface area contributed by atoms with E-state index in [2.05, 4.69) is 49.2 Å². The van der Waals surface area contributed by atoms with Crippen LogP contribution >= 0.6 is 0 Å². The highest BCUT2D eigenvalue weighted by Crippen LogP contribution is 2.35. The van der Waals surface area contributed by atoms with E-state index >= 15 is 0 Å². The van der Waals surface area contributed by atoms with Gasteiger partial charge >= 0.3 is 0 Å². The molecule has 0 saturated heterocycles. The fourth-order valence-corrected chi connectivity index (χ4v) is 3.94. The first-order chi connectivity index (χ1) is 12.4. The predicted molar refractivity (Wildman–Crippen MR) is 105 cm³/mol. The Morgan fingerprint density at radius 2 is 1.92 bits per heavy atom. The van der Waals surface area contributed by atoms with Crippen molar-refractivity contribution in [2.75, 3.05) is 19.6 Å². The van der Waals surface area contributed by atoms with Crippen molar-refractivity contribution in [1.29, 1.82) is 5.26 Å². The summed E-state index contributed by atoms with van der Waals surface area (Å²) in [5.41, 5.74) is 1.30. The van der Waals surface area contributed by atoms with Crippen molar-refractivity contribution < 1.29 is 4.79 Å². The summed E-state index contributed by atoms with van der Waals surface area (Å²) in [5.74, 6) is 0.587. The molecule has 142 valence electrons. The van der Waals surface area contributed by atoms with E-state index < -0.39 is 0 Å². The smallest absolute Gasteiger partial charge is 0.234 e. The number of carbonyl (C=O) groups is 1. The number of benzene rings is 1. The van der Waals surface area contributed by atoms with Gasteiger partial charge in [0.2, 0.25) is 5.91 Å². The lowest BCUT2D eigenvalue weighted by Crippen LogP contribution is -2.43. The molecule has 0 bridgehead atoms. The largest absolute Gasteiger partial charge is 0.348 e. The van der Waals surface area contributed by atoms with Crippen LogP contribution in [-0.4, -0.2) is 30.4 Å². The average molecular weight is 356 g/mol. The zero-order chi connectivity index (χ0) is 19.0. The van der Waals surface area contributed by atoms with Crippen LogP contribution in [0.25, 0.3) is 0 Å². The van der Waals surface area contributed by atoms with Crippen molar-refractivity contribution in [3.8, 4) is 6.07 Å². The topological polar surface area (TPSA) is 56.1 Å². The number of rotatable bonds is 8. The van der Waals surface area contributed by atoms with E-state index in [0.29, 0.717) is 25.4 Å². The van der Waals surface area contributed by atoms with E-state index in [9.17, 15) is 4.79 Å². The van der Waals surface area contributed by atoms with Gasteiger partial charge in [-0.25, -0.2) is 0 Å². The number of nitriles is 1. The summed E-state index contributed by atoms with van der Waals surface area (Å²) in [5, 5.41) is 12.2. The maximum absolute atomic E-state index is 12.8. The maximum Gasteiger partial charge on any atom is 0.234 e. The van der Waals surface area contributed by atoms with Gasteiger partial charge < -0.3 is 5.32 Å². The van der Waals surface area contributed by atoms with Gasteiger partial charge in [0.25, 0.3) is 0 Å². The fraction of sp³-hybridized carbons (Fsp3) is 0.636. The van der Waals surface area contributed by atoms with Crippen LogP contribution in [0.2, 0.25) is 0 Å². The summed E-state index contributed by atoms with van der Waals surface area (Å²) >= 11 is 0. The quantitative estimate of drug-likeness (QED) is 0.756. The Labute approximate surface area is 158 Å². The second kappa shape index (κ2) is 9.73.